The minimum Gasteiger partial charge on any atom is -0.384 e. The van der Waals surface area contributed by atoms with Crippen molar-refractivity contribution in [3.8, 4) is 0 Å². The summed E-state index contributed by atoms with van der Waals surface area (Å²) in [6.45, 7) is 0. The van der Waals surface area contributed by atoms with Crippen LogP contribution in [0.25, 0.3) is 10.9 Å². The maximum absolute atomic E-state index is 12.9. The van der Waals surface area contributed by atoms with Crippen LogP contribution in [0.1, 0.15) is 0 Å². The number of rotatable bonds is 0. The number of benzene rings is 1. The number of anilines is 1. The molecule has 0 aliphatic carbocycles. The first kappa shape index (κ1) is 8.44. The lowest BCUT2D eigenvalue weighted by molar-refractivity contribution is 0.629. The van der Waals surface area contributed by atoms with E-state index in [1.54, 1.807) is 12.1 Å². The van der Waals surface area contributed by atoms with Gasteiger partial charge in [-0.2, -0.15) is 0 Å². The molecule has 0 aliphatic heterocycles. The van der Waals surface area contributed by atoms with Gasteiger partial charge in [-0.25, -0.2) is 9.37 Å². The van der Waals surface area contributed by atoms with Crippen molar-refractivity contribution in [1.82, 2.24) is 4.98 Å². The Kier molecular flexibility index (Phi) is 1.92. The molecule has 0 bridgehead atoms. The van der Waals surface area contributed by atoms with Crippen LogP contribution in [-0.4, -0.2) is 4.98 Å². The second-order valence-electron chi connectivity index (χ2n) is 2.70. The van der Waals surface area contributed by atoms with E-state index >= 15 is 0 Å². The topological polar surface area (TPSA) is 38.9 Å². The molecular formula is C9H6BrFN2. The molecule has 0 atom stereocenters. The third-order valence-electron chi connectivity index (χ3n) is 1.73. The standard InChI is InChI=1S/C9H6BrFN2/c10-7-4-6(11)3-5-1-2-8(12)13-9(5)7/h1-4H,(H2,12,13). The molecule has 0 unspecified atom stereocenters. The van der Waals surface area contributed by atoms with Gasteiger partial charge in [0.15, 0.2) is 0 Å². The summed E-state index contributed by atoms with van der Waals surface area (Å²) < 4.78 is 13.5. The summed E-state index contributed by atoms with van der Waals surface area (Å²) in [5.74, 6) is 0.144. The van der Waals surface area contributed by atoms with Crippen molar-refractivity contribution in [2.24, 2.45) is 0 Å². The minimum absolute atomic E-state index is 0.286. The van der Waals surface area contributed by atoms with Crippen LogP contribution in [0.15, 0.2) is 28.7 Å². The molecule has 1 heterocycles. The first-order valence-corrected chi connectivity index (χ1v) is 4.47. The number of nitrogens with zero attached hydrogens (tertiary/aromatic N) is 1. The van der Waals surface area contributed by atoms with E-state index in [0.717, 1.165) is 5.39 Å². The molecule has 0 aliphatic rings. The molecule has 66 valence electrons. The highest BCUT2D eigenvalue weighted by Gasteiger charge is 2.02. The van der Waals surface area contributed by atoms with E-state index in [1.807, 2.05) is 0 Å². The van der Waals surface area contributed by atoms with E-state index in [1.165, 1.54) is 12.1 Å². The highest BCUT2D eigenvalue weighted by Crippen LogP contribution is 2.24. The number of nitrogen functional groups attached to an aromatic ring is 1. The van der Waals surface area contributed by atoms with E-state index in [-0.39, 0.29) is 5.82 Å². The van der Waals surface area contributed by atoms with Crippen molar-refractivity contribution in [3.05, 3.63) is 34.6 Å². The first-order chi connectivity index (χ1) is 6.16. The maximum Gasteiger partial charge on any atom is 0.125 e. The van der Waals surface area contributed by atoms with E-state index in [9.17, 15) is 4.39 Å². The lowest BCUT2D eigenvalue weighted by atomic mass is 10.2. The molecule has 0 saturated heterocycles. The van der Waals surface area contributed by atoms with Crippen molar-refractivity contribution in [2.45, 2.75) is 0 Å². The van der Waals surface area contributed by atoms with Crippen molar-refractivity contribution in [1.29, 1.82) is 0 Å². The lowest BCUT2D eigenvalue weighted by Gasteiger charge is -2.00. The molecule has 1 aromatic heterocycles. The summed E-state index contributed by atoms with van der Waals surface area (Å²) in [6, 6.07) is 6.18. The van der Waals surface area contributed by atoms with E-state index in [0.29, 0.717) is 15.8 Å². The number of hydrogen-bond donors (Lipinski definition) is 1. The van der Waals surface area contributed by atoms with Crippen LogP contribution in [-0.2, 0) is 0 Å². The summed E-state index contributed by atoms with van der Waals surface area (Å²) >= 11 is 3.22. The largest absolute Gasteiger partial charge is 0.384 e. The fourth-order valence-corrected chi connectivity index (χ4v) is 1.71. The zero-order chi connectivity index (χ0) is 9.42. The van der Waals surface area contributed by atoms with Crippen LogP contribution < -0.4 is 5.73 Å². The van der Waals surface area contributed by atoms with E-state index in [4.69, 9.17) is 5.73 Å². The average molecular weight is 241 g/mol. The molecular weight excluding hydrogens is 235 g/mol. The number of pyridine rings is 1. The summed E-state index contributed by atoms with van der Waals surface area (Å²) in [4.78, 5) is 4.08. The van der Waals surface area contributed by atoms with Gasteiger partial charge in [-0.15, -0.1) is 0 Å². The molecule has 0 radical (unpaired) electrons. The molecule has 0 fully saturated rings. The van der Waals surface area contributed by atoms with Gasteiger partial charge in [0, 0.05) is 9.86 Å². The number of nitrogens with two attached hydrogens (primary N) is 1. The molecule has 0 amide bonds. The highest BCUT2D eigenvalue weighted by molar-refractivity contribution is 9.10. The Hall–Kier alpha value is -1.16. The smallest absolute Gasteiger partial charge is 0.125 e. The third kappa shape index (κ3) is 1.49. The zero-order valence-electron chi connectivity index (χ0n) is 6.59. The predicted octanol–water partition coefficient (Wildman–Crippen LogP) is 2.72. The van der Waals surface area contributed by atoms with E-state index < -0.39 is 0 Å². The number of hydrogen-bond acceptors (Lipinski definition) is 2. The monoisotopic (exact) mass is 240 g/mol. The van der Waals surface area contributed by atoms with Crippen molar-refractivity contribution < 1.29 is 4.39 Å². The molecule has 4 heteroatoms. The quantitative estimate of drug-likeness (QED) is 0.770. The second kappa shape index (κ2) is 2.96. The van der Waals surface area contributed by atoms with Gasteiger partial charge in [0.2, 0.25) is 0 Å². The van der Waals surface area contributed by atoms with Crippen LogP contribution in [0.4, 0.5) is 10.2 Å². The summed E-state index contributed by atoms with van der Waals surface area (Å²) in [5.41, 5.74) is 6.19. The fraction of sp³-hybridized carbons (Fsp3) is 0. The number of fused-ring (bicyclic) bond motifs is 1. The van der Waals surface area contributed by atoms with Crippen LogP contribution in [0, 0.1) is 5.82 Å². The van der Waals surface area contributed by atoms with Crippen LogP contribution in [0.3, 0.4) is 0 Å². The lowest BCUT2D eigenvalue weighted by Crippen LogP contribution is -1.90. The van der Waals surface area contributed by atoms with Crippen molar-refractivity contribution >= 4 is 32.7 Å². The molecule has 0 saturated carbocycles. The third-order valence-corrected chi connectivity index (χ3v) is 2.34. The van der Waals surface area contributed by atoms with Gasteiger partial charge in [0.05, 0.1) is 5.52 Å². The predicted molar refractivity (Wildman–Crippen MR) is 53.8 cm³/mol. The zero-order valence-corrected chi connectivity index (χ0v) is 8.18. The van der Waals surface area contributed by atoms with Gasteiger partial charge in [-0.05, 0) is 40.2 Å². The molecule has 2 N–H and O–H groups in total. The Labute approximate surface area is 82.7 Å². The van der Waals surface area contributed by atoms with Crippen LogP contribution >= 0.6 is 15.9 Å². The SMILES string of the molecule is Nc1ccc2cc(F)cc(Br)c2n1. The van der Waals surface area contributed by atoms with Gasteiger partial charge in [-0.3, -0.25) is 0 Å². The molecule has 2 rings (SSSR count). The molecule has 2 aromatic rings. The van der Waals surface area contributed by atoms with Gasteiger partial charge < -0.3 is 5.73 Å². The van der Waals surface area contributed by atoms with Gasteiger partial charge in [0.1, 0.15) is 11.6 Å². The Morgan fingerprint density at radius 3 is 2.85 bits per heavy atom. The Morgan fingerprint density at radius 1 is 1.31 bits per heavy atom. The Balaban J connectivity index is 2.87. The molecule has 0 spiro atoms. The summed E-state index contributed by atoms with van der Waals surface area (Å²) in [6.07, 6.45) is 0. The van der Waals surface area contributed by atoms with Crippen LogP contribution in [0.5, 0.6) is 0 Å². The average Bonchev–Trinajstić information content (AvgIpc) is 2.06. The van der Waals surface area contributed by atoms with Gasteiger partial charge in [0.25, 0.3) is 0 Å². The first-order valence-electron chi connectivity index (χ1n) is 3.68. The number of halogens is 2. The number of aromatic nitrogens is 1. The second-order valence-corrected chi connectivity index (χ2v) is 3.55. The maximum atomic E-state index is 12.9. The molecule has 1 aromatic carbocycles. The van der Waals surface area contributed by atoms with Crippen LogP contribution in [0.2, 0.25) is 0 Å². The summed E-state index contributed by atoms with van der Waals surface area (Å²) in [5, 5.41) is 0.737. The highest BCUT2D eigenvalue weighted by atomic mass is 79.9. The Morgan fingerprint density at radius 2 is 2.08 bits per heavy atom. The van der Waals surface area contributed by atoms with Gasteiger partial charge >= 0.3 is 0 Å². The van der Waals surface area contributed by atoms with Gasteiger partial charge in [-0.1, -0.05) is 0 Å². The van der Waals surface area contributed by atoms with E-state index in [2.05, 4.69) is 20.9 Å². The van der Waals surface area contributed by atoms with Crippen molar-refractivity contribution in [3.63, 3.8) is 0 Å². The molecule has 13 heavy (non-hydrogen) atoms. The summed E-state index contributed by atoms with van der Waals surface area (Å²) in [7, 11) is 0. The normalized spacial score (nSPS) is 10.6. The van der Waals surface area contributed by atoms with Crippen molar-refractivity contribution in [2.75, 3.05) is 5.73 Å². The minimum atomic E-state index is -0.286. The fourth-order valence-electron chi connectivity index (χ4n) is 1.17. The Bertz CT molecular complexity index is 470. The molecule has 2 nitrogen and oxygen atoms in total.